The van der Waals surface area contributed by atoms with Crippen LogP contribution in [-0.4, -0.2) is 17.1 Å². The van der Waals surface area contributed by atoms with Gasteiger partial charge in [0.05, 0.1) is 6.54 Å². The Bertz CT molecular complexity index is 639. The quantitative estimate of drug-likeness (QED) is 0.801. The number of urea groups is 1. The molecular weight excluding hydrogens is 267 g/mol. The van der Waals surface area contributed by atoms with Gasteiger partial charge in [0.25, 0.3) is 0 Å². The summed E-state index contributed by atoms with van der Waals surface area (Å²) >= 11 is 0. The number of aromatic carboxylic acids is 1. The van der Waals surface area contributed by atoms with E-state index in [9.17, 15) is 14.0 Å². The van der Waals surface area contributed by atoms with Gasteiger partial charge in [-0.05, 0) is 30.3 Å². The first-order valence-corrected chi connectivity index (χ1v) is 5.67. The van der Waals surface area contributed by atoms with Gasteiger partial charge in [0.1, 0.15) is 11.6 Å². The van der Waals surface area contributed by atoms with E-state index in [1.54, 1.807) is 0 Å². The maximum absolute atomic E-state index is 12.9. The molecule has 6 nitrogen and oxygen atoms in total. The lowest BCUT2D eigenvalue weighted by Gasteiger charge is -2.06. The molecule has 1 aromatic carbocycles. The molecule has 0 aliphatic heterocycles. The van der Waals surface area contributed by atoms with Gasteiger partial charge in [0.2, 0.25) is 5.76 Å². The molecular formula is C13H11FN2O4. The van der Waals surface area contributed by atoms with Crippen LogP contribution in [0, 0.1) is 5.82 Å². The average molecular weight is 278 g/mol. The van der Waals surface area contributed by atoms with Crippen molar-refractivity contribution in [1.82, 2.24) is 5.32 Å². The maximum Gasteiger partial charge on any atom is 0.371 e. The highest BCUT2D eigenvalue weighted by Gasteiger charge is 2.09. The molecule has 2 amide bonds. The first-order chi connectivity index (χ1) is 9.54. The van der Waals surface area contributed by atoms with E-state index in [0.29, 0.717) is 11.4 Å². The summed E-state index contributed by atoms with van der Waals surface area (Å²) in [4.78, 5) is 22.1. The molecule has 20 heavy (non-hydrogen) atoms. The topological polar surface area (TPSA) is 91.6 Å². The van der Waals surface area contributed by atoms with E-state index in [1.807, 2.05) is 0 Å². The number of carbonyl (C=O) groups is 2. The fraction of sp³-hybridized carbons (Fsp3) is 0.0769. The molecule has 1 heterocycles. The van der Waals surface area contributed by atoms with Gasteiger partial charge in [-0.15, -0.1) is 0 Å². The molecule has 0 unspecified atom stereocenters. The third kappa shape index (κ3) is 3.58. The fourth-order valence-corrected chi connectivity index (χ4v) is 1.50. The summed E-state index contributed by atoms with van der Waals surface area (Å²) in [5.74, 6) is -1.54. The van der Waals surface area contributed by atoms with E-state index in [-0.39, 0.29) is 12.3 Å². The van der Waals surface area contributed by atoms with Gasteiger partial charge in [-0.25, -0.2) is 14.0 Å². The number of anilines is 1. The van der Waals surface area contributed by atoms with Gasteiger partial charge in [0, 0.05) is 5.69 Å². The summed E-state index contributed by atoms with van der Waals surface area (Å²) < 4.78 is 17.9. The molecule has 0 saturated heterocycles. The zero-order valence-electron chi connectivity index (χ0n) is 10.2. The smallest absolute Gasteiger partial charge is 0.371 e. The first-order valence-electron chi connectivity index (χ1n) is 5.67. The zero-order valence-corrected chi connectivity index (χ0v) is 10.2. The molecule has 104 valence electrons. The monoisotopic (exact) mass is 278 g/mol. The van der Waals surface area contributed by atoms with Crippen LogP contribution in [-0.2, 0) is 6.54 Å². The molecule has 0 aliphatic carbocycles. The first kappa shape index (κ1) is 13.6. The van der Waals surface area contributed by atoms with Gasteiger partial charge in [0.15, 0.2) is 0 Å². The van der Waals surface area contributed by atoms with Crippen molar-refractivity contribution in [3.05, 3.63) is 53.7 Å². The van der Waals surface area contributed by atoms with Crippen LogP contribution < -0.4 is 10.6 Å². The largest absolute Gasteiger partial charge is 0.475 e. The van der Waals surface area contributed by atoms with Crippen LogP contribution in [0.5, 0.6) is 0 Å². The number of carboxylic acid groups (broad SMARTS) is 1. The minimum atomic E-state index is -1.18. The Morgan fingerprint density at radius 2 is 2.05 bits per heavy atom. The predicted octanol–water partition coefficient (Wildman–Crippen LogP) is 2.44. The maximum atomic E-state index is 12.9. The number of carbonyl (C=O) groups excluding carboxylic acids is 1. The number of amides is 2. The second-order valence-electron chi connectivity index (χ2n) is 3.89. The van der Waals surface area contributed by atoms with Crippen LogP contribution in [0.4, 0.5) is 14.9 Å². The Balaban J connectivity index is 1.87. The van der Waals surface area contributed by atoms with Crippen molar-refractivity contribution in [2.75, 3.05) is 5.32 Å². The molecule has 7 heteroatoms. The number of carboxylic acids is 1. The number of halogens is 1. The SMILES string of the molecule is O=C(NCc1ccc(C(=O)O)o1)Nc1cccc(F)c1. The van der Waals surface area contributed by atoms with Crippen molar-refractivity contribution in [3.63, 3.8) is 0 Å². The lowest BCUT2D eigenvalue weighted by molar-refractivity contribution is 0.0660. The van der Waals surface area contributed by atoms with E-state index in [0.717, 1.165) is 0 Å². The van der Waals surface area contributed by atoms with E-state index < -0.39 is 17.8 Å². The van der Waals surface area contributed by atoms with E-state index in [1.165, 1.54) is 36.4 Å². The molecule has 0 bridgehead atoms. The molecule has 0 spiro atoms. The Morgan fingerprint density at radius 1 is 1.25 bits per heavy atom. The van der Waals surface area contributed by atoms with E-state index in [2.05, 4.69) is 10.6 Å². The predicted molar refractivity (Wildman–Crippen MR) is 67.9 cm³/mol. The molecule has 3 N–H and O–H groups in total. The molecule has 2 aromatic rings. The van der Waals surface area contributed by atoms with E-state index >= 15 is 0 Å². The zero-order chi connectivity index (χ0) is 14.5. The lowest BCUT2D eigenvalue weighted by Crippen LogP contribution is -2.28. The second-order valence-corrected chi connectivity index (χ2v) is 3.89. The molecule has 0 atom stereocenters. The standard InChI is InChI=1S/C13H11FN2O4/c14-8-2-1-3-9(6-8)16-13(19)15-7-10-4-5-11(20-10)12(17)18/h1-6H,7H2,(H,17,18)(H2,15,16,19). The van der Waals surface area contributed by atoms with Crippen molar-refractivity contribution in [3.8, 4) is 0 Å². The average Bonchev–Trinajstić information content (AvgIpc) is 2.85. The van der Waals surface area contributed by atoms with Crippen LogP contribution >= 0.6 is 0 Å². The Kier molecular flexibility index (Phi) is 3.99. The van der Waals surface area contributed by atoms with Crippen LogP contribution in [0.3, 0.4) is 0 Å². The third-order valence-corrected chi connectivity index (χ3v) is 2.38. The van der Waals surface area contributed by atoms with Gasteiger partial charge < -0.3 is 20.2 Å². The third-order valence-electron chi connectivity index (χ3n) is 2.38. The van der Waals surface area contributed by atoms with Crippen LogP contribution in [0.25, 0.3) is 0 Å². The summed E-state index contributed by atoms with van der Waals surface area (Å²) in [6.07, 6.45) is 0. The minimum absolute atomic E-state index is 0.0223. The molecule has 0 fully saturated rings. The number of nitrogens with one attached hydrogen (secondary N) is 2. The Hall–Kier alpha value is -2.83. The van der Waals surface area contributed by atoms with Gasteiger partial charge in [-0.1, -0.05) is 6.07 Å². The second kappa shape index (κ2) is 5.87. The Morgan fingerprint density at radius 3 is 2.70 bits per heavy atom. The van der Waals surface area contributed by atoms with Crippen molar-refractivity contribution in [1.29, 1.82) is 0 Å². The molecule has 0 aliphatic rings. The van der Waals surface area contributed by atoms with Crippen molar-refractivity contribution in [2.24, 2.45) is 0 Å². The number of hydrogen-bond acceptors (Lipinski definition) is 3. The molecule has 1 aromatic heterocycles. The summed E-state index contributed by atoms with van der Waals surface area (Å²) in [5, 5.41) is 13.6. The summed E-state index contributed by atoms with van der Waals surface area (Å²) in [6.45, 7) is 0.0223. The van der Waals surface area contributed by atoms with Crippen LogP contribution in [0.15, 0.2) is 40.8 Å². The number of benzene rings is 1. The molecule has 0 radical (unpaired) electrons. The van der Waals surface area contributed by atoms with Gasteiger partial charge >= 0.3 is 12.0 Å². The van der Waals surface area contributed by atoms with Crippen molar-refractivity contribution < 1.29 is 23.5 Å². The van der Waals surface area contributed by atoms with Crippen LogP contribution in [0.2, 0.25) is 0 Å². The van der Waals surface area contributed by atoms with Crippen molar-refractivity contribution in [2.45, 2.75) is 6.54 Å². The van der Waals surface area contributed by atoms with E-state index in [4.69, 9.17) is 9.52 Å². The summed E-state index contributed by atoms with van der Waals surface area (Å²) in [6, 6.07) is 7.64. The summed E-state index contributed by atoms with van der Waals surface area (Å²) in [7, 11) is 0. The molecule has 0 saturated carbocycles. The Labute approximate surface area is 113 Å². The highest BCUT2D eigenvalue weighted by molar-refractivity contribution is 5.89. The van der Waals surface area contributed by atoms with Gasteiger partial charge in [-0.3, -0.25) is 0 Å². The van der Waals surface area contributed by atoms with Crippen molar-refractivity contribution >= 4 is 17.7 Å². The highest BCUT2D eigenvalue weighted by atomic mass is 19.1. The normalized spacial score (nSPS) is 10.1. The van der Waals surface area contributed by atoms with Crippen LogP contribution in [0.1, 0.15) is 16.3 Å². The number of hydrogen-bond donors (Lipinski definition) is 3. The number of furan rings is 1. The number of rotatable bonds is 4. The lowest BCUT2D eigenvalue weighted by atomic mass is 10.3. The fourth-order valence-electron chi connectivity index (χ4n) is 1.50. The molecule has 2 rings (SSSR count). The van der Waals surface area contributed by atoms with Gasteiger partial charge in [-0.2, -0.15) is 0 Å². The summed E-state index contributed by atoms with van der Waals surface area (Å²) in [5.41, 5.74) is 0.313. The minimum Gasteiger partial charge on any atom is -0.475 e. The highest BCUT2D eigenvalue weighted by Crippen LogP contribution is 2.10.